The van der Waals surface area contributed by atoms with Gasteiger partial charge in [-0.3, -0.25) is 4.72 Å². The quantitative estimate of drug-likeness (QED) is 0.629. The van der Waals surface area contributed by atoms with Crippen molar-refractivity contribution in [3.8, 4) is 0 Å². The maximum Gasteiger partial charge on any atom is 0.263 e. The maximum absolute atomic E-state index is 11.5. The molecule has 0 spiro atoms. The van der Waals surface area contributed by atoms with E-state index in [-0.39, 0.29) is 10.6 Å². The van der Waals surface area contributed by atoms with Gasteiger partial charge in [-0.25, -0.2) is 8.42 Å². The minimum atomic E-state index is -3.62. The highest BCUT2D eigenvalue weighted by Crippen LogP contribution is 2.27. The zero-order chi connectivity index (χ0) is 11.1. The number of benzene rings is 1. The van der Waals surface area contributed by atoms with Crippen molar-refractivity contribution < 1.29 is 16.8 Å². The Kier molecular flexibility index (Phi) is 2.15. The summed E-state index contributed by atoms with van der Waals surface area (Å²) in [5.74, 6) is 0. The number of rotatable bonds is 0. The van der Waals surface area contributed by atoms with Crippen LogP contribution in [-0.2, 0) is 20.3 Å². The lowest BCUT2D eigenvalue weighted by Crippen LogP contribution is -2.13. The normalized spacial score (nSPS) is 16.4. The molecule has 1 aromatic carbocycles. The molecule has 0 radical (unpaired) electrons. The smallest absolute Gasteiger partial charge is 0.263 e. The molecule has 0 bridgehead atoms. The fraction of sp³-hybridized carbons (Fsp3) is 0. The molecule has 2 rings (SSSR count). The van der Waals surface area contributed by atoms with Crippen molar-refractivity contribution in [2.75, 3.05) is 0 Å². The summed E-state index contributed by atoms with van der Waals surface area (Å²) in [7, 11) is -6.18. The van der Waals surface area contributed by atoms with Crippen molar-refractivity contribution in [3.05, 3.63) is 29.8 Å². The molecule has 0 atom stereocenters. The third-order valence-corrected chi connectivity index (χ3v) is 3.65. The molecule has 78 valence electrons. The fourth-order valence-corrected chi connectivity index (χ4v) is 2.96. The van der Waals surface area contributed by atoms with Crippen LogP contribution in [0.3, 0.4) is 0 Å². The molecule has 1 aliphatic rings. The van der Waals surface area contributed by atoms with Gasteiger partial charge < -0.3 is 0 Å². The van der Waals surface area contributed by atoms with Gasteiger partial charge in [-0.2, -0.15) is 8.42 Å². The predicted octanol–water partition coefficient (Wildman–Crippen LogP) is -0.400. The Bertz CT molecular complexity index is 686. The molecule has 0 aromatic heterocycles. The average Bonchev–Trinajstić information content (AvgIpc) is 2.39. The van der Waals surface area contributed by atoms with E-state index in [2.05, 4.69) is 4.72 Å². The van der Waals surface area contributed by atoms with E-state index in [1.165, 1.54) is 12.1 Å². The molecule has 0 aliphatic carbocycles. The average molecular weight is 243 g/mol. The van der Waals surface area contributed by atoms with Crippen LogP contribution in [0.1, 0.15) is 5.56 Å². The molecule has 15 heavy (non-hydrogen) atoms. The molecule has 0 fully saturated rings. The lowest BCUT2D eigenvalue weighted by atomic mass is 10.2. The van der Waals surface area contributed by atoms with Crippen molar-refractivity contribution in [3.63, 3.8) is 0 Å². The van der Waals surface area contributed by atoms with Crippen LogP contribution in [0.2, 0.25) is 0 Å². The van der Waals surface area contributed by atoms with Gasteiger partial charge in [-0.1, -0.05) is 18.2 Å². The largest absolute Gasteiger partial charge is 0.271 e. The van der Waals surface area contributed by atoms with Gasteiger partial charge in [0.25, 0.3) is 20.3 Å². The highest BCUT2D eigenvalue weighted by atomic mass is 32.2. The van der Waals surface area contributed by atoms with Crippen molar-refractivity contribution in [2.24, 2.45) is 0 Å². The van der Waals surface area contributed by atoms with Crippen LogP contribution in [0.15, 0.2) is 29.2 Å². The summed E-state index contributed by atoms with van der Waals surface area (Å²) in [6.07, 6.45) is 0. The van der Waals surface area contributed by atoms with Gasteiger partial charge in [-0.05, 0) is 6.07 Å². The number of nitrogens with one attached hydrogen (secondary N) is 1. The van der Waals surface area contributed by atoms with Crippen molar-refractivity contribution >= 4 is 31.0 Å². The molecule has 0 unspecified atom stereocenters. The predicted molar refractivity (Wildman–Crippen MR) is 54.1 cm³/mol. The van der Waals surface area contributed by atoms with Gasteiger partial charge in [0.2, 0.25) is 0 Å². The van der Waals surface area contributed by atoms with E-state index in [0.29, 0.717) is 5.56 Å². The molecule has 1 aromatic rings. The summed E-state index contributed by atoms with van der Waals surface area (Å²) in [6, 6.07) is 6.11. The molecule has 5 nitrogen and oxygen atoms in total. The first kappa shape index (κ1) is 9.97. The summed E-state index contributed by atoms with van der Waals surface area (Å²) >= 11 is 0. The summed E-state index contributed by atoms with van der Waals surface area (Å²) < 4.78 is 45.9. The molecular formula is C8H5NO4S2. The second-order valence-electron chi connectivity index (χ2n) is 2.81. The van der Waals surface area contributed by atoms with Gasteiger partial charge in [0.05, 0.1) is 4.90 Å². The molecule has 0 amide bonds. The zero-order valence-electron chi connectivity index (χ0n) is 7.26. The van der Waals surface area contributed by atoms with E-state index < -0.39 is 20.3 Å². The number of fused-ring (bicyclic) bond motifs is 1. The maximum atomic E-state index is 11.5. The zero-order valence-corrected chi connectivity index (χ0v) is 8.89. The van der Waals surface area contributed by atoms with Crippen LogP contribution >= 0.6 is 0 Å². The van der Waals surface area contributed by atoms with Crippen molar-refractivity contribution in [2.45, 2.75) is 4.90 Å². The SMILES string of the molecule is O=S(=O)=C=C1NS(=O)(=O)c2ccccc21. The molecule has 1 aliphatic heterocycles. The van der Waals surface area contributed by atoms with E-state index in [4.69, 9.17) is 0 Å². The Morgan fingerprint density at radius 2 is 1.87 bits per heavy atom. The second-order valence-corrected chi connectivity index (χ2v) is 5.14. The Hall–Kier alpha value is -1.56. The first-order valence-electron chi connectivity index (χ1n) is 3.86. The number of hydrogen-bond acceptors (Lipinski definition) is 4. The lowest BCUT2D eigenvalue weighted by Gasteiger charge is -1.92. The minimum Gasteiger partial charge on any atom is -0.271 e. The summed E-state index contributed by atoms with van der Waals surface area (Å²) in [5.41, 5.74) is 0.278. The van der Waals surface area contributed by atoms with Gasteiger partial charge in [-0.15, -0.1) is 0 Å². The standard InChI is InChI=1S/C8H5NO4S2/c10-14(11)5-7-6-3-1-2-4-8(6)15(12,13)9-7/h1-4,9H. The highest BCUT2D eigenvalue weighted by molar-refractivity contribution is 7.90. The Morgan fingerprint density at radius 1 is 1.20 bits per heavy atom. The van der Waals surface area contributed by atoms with Gasteiger partial charge in [0.15, 0.2) is 0 Å². The van der Waals surface area contributed by atoms with Crippen LogP contribution in [0.5, 0.6) is 0 Å². The van der Waals surface area contributed by atoms with E-state index >= 15 is 0 Å². The van der Waals surface area contributed by atoms with Crippen LogP contribution < -0.4 is 4.72 Å². The lowest BCUT2D eigenvalue weighted by molar-refractivity contribution is 0.594. The Balaban J connectivity index is 2.91. The fourth-order valence-electron chi connectivity index (χ4n) is 1.31. The molecule has 0 saturated heterocycles. The van der Waals surface area contributed by atoms with Gasteiger partial charge in [0.1, 0.15) is 5.70 Å². The number of sulfonamides is 1. The van der Waals surface area contributed by atoms with Crippen molar-refractivity contribution in [1.29, 1.82) is 0 Å². The third kappa shape index (κ3) is 1.68. The summed E-state index contributed by atoms with van der Waals surface area (Å²) in [4.78, 5) is 0.0675. The Morgan fingerprint density at radius 3 is 2.53 bits per heavy atom. The van der Waals surface area contributed by atoms with Crippen LogP contribution in [0.25, 0.3) is 5.70 Å². The molecule has 0 saturated carbocycles. The second kappa shape index (κ2) is 3.23. The van der Waals surface area contributed by atoms with Gasteiger partial charge >= 0.3 is 0 Å². The van der Waals surface area contributed by atoms with Crippen LogP contribution in [0, 0.1) is 0 Å². The number of hydrogen-bond donors (Lipinski definition) is 1. The minimum absolute atomic E-state index is 0.0427. The van der Waals surface area contributed by atoms with E-state index in [1.807, 2.05) is 5.02 Å². The Labute approximate surface area is 87.6 Å². The summed E-state index contributed by atoms with van der Waals surface area (Å²) in [5, 5.41) is 2.00. The monoisotopic (exact) mass is 243 g/mol. The molecule has 7 heteroatoms. The van der Waals surface area contributed by atoms with Crippen molar-refractivity contribution in [1.82, 2.24) is 4.72 Å². The van der Waals surface area contributed by atoms with E-state index in [0.717, 1.165) is 0 Å². The van der Waals surface area contributed by atoms with Crippen LogP contribution in [0.4, 0.5) is 0 Å². The molecule has 1 heterocycles. The topological polar surface area (TPSA) is 80.3 Å². The van der Waals surface area contributed by atoms with Crippen LogP contribution in [-0.4, -0.2) is 21.9 Å². The van der Waals surface area contributed by atoms with E-state index in [9.17, 15) is 16.8 Å². The third-order valence-electron chi connectivity index (χ3n) is 1.87. The van der Waals surface area contributed by atoms with Gasteiger partial charge in [0, 0.05) is 10.6 Å². The molecular weight excluding hydrogens is 238 g/mol. The molecule has 1 N–H and O–H groups in total. The first-order chi connectivity index (χ1) is 7.00. The summed E-state index contributed by atoms with van der Waals surface area (Å²) in [6.45, 7) is 0. The van der Waals surface area contributed by atoms with E-state index in [1.54, 1.807) is 12.1 Å². The highest BCUT2D eigenvalue weighted by Gasteiger charge is 2.29. The first-order valence-corrected chi connectivity index (χ1v) is 6.41.